The zero-order chi connectivity index (χ0) is 30.8. The predicted molar refractivity (Wildman–Crippen MR) is 170 cm³/mol. The molecule has 3 amide bonds. The number of carbonyl (C=O) groups is 3. The molecule has 226 valence electrons. The maximum atomic E-state index is 13.5. The molecule has 0 unspecified atom stereocenters. The van der Waals surface area contributed by atoms with Gasteiger partial charge in [0.05, 0.1) is 35.7 Å². The van der Waals surface area contributed by atoms with Gasteiger partial charge in [0.25, 0.3) is 0 Å². The second kappa shape index (κ2) is 13.2. The summed E-state index contributed by atoms with van der Waals surface area (Å²) in [7, 11) is 1.56. The van der Waals surface area contributed by atoms with Gasteiger partial charge in [-0.05, 0) is 94.9 Å². The Morgan fingerprint density at radius 1 is 1.16 bits per heavy atom. The van der Waals surface area contributed by atoms with Gasteiger partial charge in [0.15, 0.2) is 11.5 Å². The van der Waals surface area contributed by atoms with Crippen molar-refractivity contribution in [3.63, 3.8) is 0 Å². The summed E-state index contributed by atoms with van der Waals surface area (Å²) >= 11 is 2.08. The number of benzene rings is 2. The van der Waals surface area contributed by atoms with Crippen molar-refractivity contribution in [1.29, 1.82) is 0 Å². The highest BCUT2D eigenvalue weighted by atomic mass is 127. The largest absolute Gasteiger partial charge is 0.504 e. The van der Waals surface area contributed by atoms with Gasteiger partial charge >= 0.3 is 13.2 Å². The van der Waals surface area contributed by atoms with E-state index in [0.29, 0.717) is 33.5 Å². The molecule has 0 bridgehead atoms. The molecule has 9 nitrogen and oxygen atoms in total. The maximum absolute atomic E-state index is 13.5. The van der Waals surface area contributed by atoms with Crippen molar-refractivity contribution in [3.8, 4) is 11.5 Å². The van der Waals surface area contributed by atoms with E-state index in [0.717, 1.165) is 47.8 Å². The predicted octanol–water partition coefficient (Wildman–Crippen LogP) is 5.69. The number of hydrogen-bond donors (Lipinski definition) is 2. The summed E-state index contributed by atoms with van der Waals surface area (Å²) in [4.78, 5) is 39.7. The Morgan fingerprint density at radius 3 is 2.58 bits per heavy atom. The first-order chi connectivity index (χ1) is 20.7. The van der Waals surface area contributed by atoms with Gasteiger partial charge in [0, 0.05) is 0 Å². The van der Waals surface area contributed by atoms with Crippen LogP contribution in [0.15, 0.2) is 53.6 Å². The van der Waals surface area contributed by atoms with Crippen molar-refractivity contribution in [1.82, 2.24) is 4.90 Å². The monoisotopic (exact) mass is 699 g/mol. The number of aromatic hydroxyl groups is 1. The molecule has 0 aromatic heterocycles. The van der Waals surface area contributed by atoms with Crippen LogP contribution in [0, 0.1) is 21.3 Å². The van der Waals surface area contributed by atoms with Gasteiger partial charge in [-0.3, -0.25) is 9.59 Å². The van der Waals surface area contributed by atoms with Crippen LogP contribution in [0.1, 0.15) is 50.2 Å². The molecule has 4 atom stereocenters. The number of carbonyl (C=O) groups excluding carboxylic acids is 3. The topological polar surface area (TPSA) is 123 Å². The van der Waals surface area contributed by atoms with Crippen LogP contribution in [0.5, 0.6) is 11.5 Å². The molecule has 2 aromatic carbocycles. The van der Waals surface area contributed by atoms with Crippen LogP contribution in [-0.2, 0) is 19.0 Å². The van der Waals surface area contributed by atoms with E-state index in [9.17, 15) is 24.5 Å². The Balaban J connectivity index is 1.50. The van der Waals surface area contributed by atoms with E-state index >= 15 is 0 Å². The van der Waals surface area contributed by atoms with Gasteiger partial charge in [-0.2, -0.15) is 4.90 Å². The standard InChI is InChI=1S/C32H35BINO8/c1-4-8-21-16-22-28(31(38)35(30(22)37)32(39)42-3)23-17-33(40)43-25(27(21)23)12-11-20(19-9-6-5-7-10-19)13-18-14-24(34)29(36)26(15-18)41-2/h5-7,9-10,13-15,22-23,25,28,36,40H,4,8,11-12,16-17H2,1-3H3/b20-13-/t22-,23+,25-,28-/m1/s1. The third-order valence-corrected chi connectivity index (χ3v) is 9.47. The molecule has 0 radical (unpaired) electrons. The fourth-order valence-corrected chi connectivity index (χ4v) is 7.47. The molecule has 2 aromatic rings. The van der Waals surface area contributed by atoms with E-state index < -0.39 is 48.9 Å². The molecular weight excluding hydrogens is 664 g/mol. The van der Waals surface area contributed by atoms with Gasteiger partial charge in [0.2, 0.25) is 11.8 Å². The van der Waals surface area contributed by atoms with Crippen LogP contribution in [0.25, 0.3) is 11.6 Å². The zero-order valence-corrected chi connectivity index (χ0v) is 26.6. The van der Waals surface area contributed by atoms with Crippen LogP contribution in [0.3, 0.4) is 0 Å². The molecule has 43 heavy (non-hydrogen) atoms. The Morgan fingerprint density at radius 2 is 1.91 bits per heavy atom. The Kier molecular flexibility index (Phi) is 9.62. The first-order valence-corrected chi connectivity index (χ1v) is 15.6. The Hall–Kier alpha value is -3.16. The molecule has 1 aliphatic carbocycles. The van der Waals surface area contributed by atoms with Gasteiger partial charge in [-0.25, -0.2) is 4.79 Å². The highest BCUT2D eigenvalue weighted by Crippen LogP contribution is 2.51. The molecule has 2 aliphatic heterocycles. The summed E-state index contributed by atoms with van der Waals surface area (Å²) in [5.74, 6) is -2.41. The van der Waals surface area contributed by atoms with Crippen molar-refractivity contribution >= 4 is 59.3 Å². The number of fused-ring (bicyclic) bond motifs is 3. The summed E-state index contributed by atoms with van der Waals surface area (Å²) in [5.41, 5.74) is 4.97. The molecule has 0 saturated carbocycles. The minimum Gasteiger partial charge on any atom is -0.504 e. The molecule has 2 fully saturated rings. The van der Waals surface area contributed by atoms with Crippen LogP contribution < -0.4 is 4.74 Å². The van der Waals surface area contributed by atoms with Crippen LogP contribution in [0.2, 0.25) is 6.32 Å². The summed E-state index contributed by atoms with van der Waals surface area (Å²) in [6, 6.07) is 13.6. The Bertz CT molecular complexity index is 1480. The normalized spacial score (nSPS) is 23.8. The van der Waals surface area contributed by atoms with Crippen LogP contribution >= 0.6 is 22.6 Å². The number of ether oxygens (including phenoxy) is 2. The van der Waals surface area contributed by atoms with E-state index in [4.69, 9.17) is 14.1 Å². The van der Waals surface area contributed by atoms with Crippen molar-refractivity contribution in [3.05, 3.63) is 68.3 Å². The number of methoxy groups -OCH3 is 2. The highest BCUT2D eigenvalue weighted by molar-refractivity contribution is 14.1. The number of rotatable bonds is 8. The van der Waals surface area contributed by atoms with Gasteiger partial charge in [0.1, 0.15) is 0 Å². The van der Waals surface area contributed by atoms with Gasteiger partial charge in [-0.1, -0.05) is 55.3 Å². The van der Waals surface area contributed by atoms with Crippen LogP contribution in [-0.4, -0.2) is 60.4 Å². The number of likely N-dealkylation sites (tertiary alicyclic amines) is 1. The molecule has 3 aliphatic rings. The second-order valence-electron chi connectivity index (χ2n) is 11.2. The summed E-state index contributed by atoms with van der Waals surface area (Å²) in [6.07, 6.45) is 3.89. The fraction of sp³-hybridized carbons (Fsp3) is 0.406. The zero-order valence-electron chi connectivity index (χ0n) is 24.4. The van der Waals surface area contributed by atoms with Gasteiger partial charge in [-0.15, -0.1) is 0 Å². The molecule has 11 heteroatoms. The first kappa shape index (κ1) is 31.3. The van der Waals surface area contributed by atoms with E-state index in [1.807, 2.05) is 36.4 Å². The average Bonchev–Trinajstić information content (AvgIpc) is 3.25. The van der Waals surface area contributed by atoms with Crippen LogP contribution in [0.4, 0.5) is 4.79 Å². The minimum atomic E-state index is -1.11. The van der Waals surface area contributed by atoms with E-state index in [1.54, 1.807) is 6.07 Å². The number of halogens is 1. The number of imide groups is 3. The summed E-state index contributed by atoms with van der Waals surface area (Å²) in [5, 5.41) is 21.2. The quantitative estimate of drug-likeness (QED) is 0.119. The first-order valence-electron chi connectivity index (χ1n) is 14.5. The van der Waals surface area contributed by atoms with E-state index in [-0.39, 0.29) is 12.1 Å². The molecule has 2 N–H and O–H groups in total. The smallest absolute Gasteiger partial charge is 0.455 e. The van der Waals surface area contributed by atoms with E-state index in [2.05, 4.69) is 35.6 Å². The highest BCUT2D eigenvalue weighted by Gasteiger charge is 2.59. The molecule has 0 spiro atoms. The number of phenolic OH excluding ortho intramolecular Hbond substituents is 1. The summed E-state index contributed by atoms with van der Waals surface area (Å²) in [6.45, 7) is 2.06. The second-order valence-corrected chi connectivity index (χ2v) is 12.3. The van der Waals surface area contributed by atoms with Crippen molar-refractivity contribution in [2.45, 2.75) is 51.5 Å². The number of hydrogen-bond acceptors (Lipinski definition) is 8. The molecule has 2 heterocycles. The van der Waals surface area contributed by atoms with Crippen molar-refractivity contribution in [2.24, 2.45) is 17.8 Å². The third kappa shape index (κ3) is 6.12. The molecular formula is C32H35BINO8. The number of amides is 3. The Labute approximate surface area is 265 Å². The average molecular weight is 699 g/mol. The SMILES string of the molecule is CCCC1=C2[C@@H](CC/C(=C/c3cc(I)c(O)c(OC)c3)c3ccccc3)OB(O)C[C@@H]2[C@@H]2C(=O)N(C(=O)OC)C(=O)[C@@H]2C1. The lowest BCUT2D eigenvalue weighted by Gasteiger charge is -2.43. The third-order valence-electron chi connectivity index (χ3n) is 8.65. The number of nitrogens with zero attached hydrogens (tertiary/aromatic N) is 1. The fourth-order valence-electron chi connectivity index (χ4n) is 6.85. The number of phenols is 1. The maximum Gasteiger partial charge on any atom is 0.455 e. The van der Waals surface area contributed by atoms with Crippen molar-refractivity contribution < 1.29 is 38.6 Å². The lowest BCUT2D eigenvalue weighted by molar-refractivity contribution is -0.137. The minimum absolute atomic E-state index is 0.0915. The van der Waals surface area contributed by atoms with Crippen molar-refractivity contribution in [2.75, 3.05) is 14.2 Å². The molecule has 2 saturated heterocycles. The lowest BCUT2D eigenvalue weighted by Crippen LogP contribution is -2.46. The van der Waals surface area contributed by atoms with E-state index in [1.165, 1.54) is 7.11 Å². The summed E-state index contributed by atoms with van der Waals surface area (Å²) < 4.78 is 16.9. The van der Waals surface area contributed by atoms with Gasteiger partial charge < -0.3 is 24.3 Å². The number of allylic oxidation sites excluding steroid dienone is 2. The lowest BCUT2D eigenvalue weighted by atomic mass is 9.58. The molecule has 5 rings (SSSR count).